The Balaban J connectivity index is 1.15. The first kappa shape index (κ1) is 24.6. The monoisotopic (exact) mass is 532 g/mol. The van der Waals surface area contributed by atoms with Crippen LogP contribution in [0.15, 0.2) is 57.9 Å². The number of furan rings is 1. The van der Waals surface area contributed by atoms with E-state index in [-0.39, 0.29) is 18.2 Å². The molecule has 1 aliphatic rings. The number of nitrogens with two attached hydrogens (primary N) is 1. The molecule has 13 nitrogen and oxygen atoms in total. The summed E-state index contributed by atoms with van der Waals surface area (Å²) in [5.74, 6) is 0.328. The van der Waals surface area contributed by atoms with Crippen LogP contribution in [0.3, 0.4) is 0 Å². The van der Waals surface area contributed by atoms with Crippen molar-refractivity contribution in [3.05, 3.63) is 59.2 Å². The van der Waals surface area contributed by atoms with Crippen LogP contribution in [-0.2, 0) is 18.4 Å². The molecular weight excluding hydrogens is 504 g/mol. The first-order chi connectivity index (χ1) is 18.9. The van der Waals surface area contributed by atoms with Crippen molar-refractivity contribution in [3.63, 3.8) is 0 Å². The number of carbonyl (C=O) groups is 1. The minimum absolute atomic E-state index is 0.158. The maximum absolute atomic E-state index is 13.2. The van der Waals surface area contributed by atoms with Crippen molar-refractivity contribution in [1.29, 1.82) is 0 Å². The molecule has 13 heteroatoms. The number of aromatic nitrogens is 5. The highest BCUT2D eigenvalue weighted by Crippen LogP contribution is 2.26. The van der Waals surface area contributed by atoms with Gasteiger partial charge in [-0.2, -0.15) is 14.6 Å². The lowest BCUT2D eigenvalue weighted by Gasteiger charge is -2.36. The smallest absolute Gasteiger partial charge is 0.341 e. The Morgan fingerprint density at radius 3 is 2.59 bits per heavy atom. The number of fused-ring (bicyclic) bond motifs is 3. The van der Waals surface area contributed by atoms with E-state index in [1.165, 1.54) is 4.52 Å². The summed E-state index contributed by atoms with van der Waals surface area (Å²) >= 11 is 0. The van der Waals surface area contributed by atoms with Crippen LogP contribution in [0.5, 0.6) is 5.75 Å². The molecule has 39 heavy (non-hydrogen) atoms. The van der Waals surface area contributed by atoms with E-state index in [0.29, 0.717) is 47.0 Å². The van der Waals surface area contributed by atoms with Gasteiger partial charge < -0.3 is 24.9 Å². The van der Waals surface area contributed by atoms with Gasteiger partial charge in [0.2, 0.25) is 5.95 Å². The van der Waals surface area contributed by atoms with Gasteiger partial charge in [0.15, 0.2) is 18.0 Å². The molecule has 5 aromatic rings. The molecule has 0 radical (unpaired) electrons. The molecule has 6 rings (SSSR count). The number of hydrogen-bond donors (Lipinski definition) is 2. The second-order valence-corrected chi connectivity index (χ2v) is 9.44. The number of nitrogens with zero attached hydrogens (tertiary/aromatic N) is 7. The highest BCUT2D eigenvalue weighted by atomic mass is 16.5. The predicted octanol–water partition coefficient (Wildman–Crippen LogP) is 1.51. The fraction of sp³-hybridized carbons (Fsp3) is 0.308. The van der Waals surface area contributed by atoms with Gasteiger partial charge in [0.1, 0.15) is 17.0 Å². The number of aryl methyl sites for hydroxylation is 1. The third kappa shape index (κ3) is 4.56. The average Bonchev–Trinajstić information content (AvgIpc) is 3.67. The minimum atomic E-state index is -1.01. The maximum Gasteiger partial charge on any atom is 0.341 e. The van der Waals surface area contributed by atoms with Crippen LogP contribution in [0, 0.1) is 0 Å². The standard InChI is InChI=1S/C26H28N8O5/c1-30-23-20-15-19(21-3-2-14-38-21)29-34(20)25(27)28-24(23)33(26(30)37)13-10-31-8-11-32(12-9-31)17-4-6-18(7-5-17)39-16-22(35)36/h2-7,14-15H,8-13,16H2,1H3,(H2,27,28)(H,35,36). The van der Waals surface area contributed by atoms with E-state index in [4.69, 9.17) is 20.0 Å². The zero-order chi connectivity index (χ0) is 27.1. The van der Waals surface area contributed by atoms with Crippen molar-refractivity contribution in [2.24, 2.45) is 7.05 Å². The Labute approximate surface area is 222 Å². The number of carboxylic acid groups (broad SMARTS) is 1. The van der Waals surface area contributed by atoms with E-state index < -0.39 is 5.97 Å². The Kier molecular flexibility index (Phi) is 6.19. The number of ether oxygens (including phenoxy) is 1. The molecule has 0 unspecified atom stereocenters. The molecule has 3 N–H and O–H groups in total. The third-order valence-electron chi connectivity index (χ3n) is 7.06. The molecule has 1 aliphatic heterocycles. The normalized spacial score (nSPS) is 14.4. The lowest BCUT2D eigenvalue weighted by molar-refractivity contribution is -0.139. The van der Waals surface area contributed by atoms with Crippen LogP contribution in [0.25, 0.3) is 28.1 Å². The second kappa shape index (κ2) is 9.83. The summed E-state index contributed by atoms with van der Waals surface area (Å²) in [7, 11) is 1.73. The predicted molar refractivity (Wildman–Crippen MR) is 144 cm³/mol. The fourth-order valence-corrected chi connectivity index (χ4v) is 5.04. The van der Waals surface area contributed by atoms with E-state index in [9.17, 15) is 9.59 Å². The number of aliphatic carboxylic acids is 1. The Morgan fingerprint density at radius 1 is 1.13 bits per heavy atom. The Hall–Kier alpha value is -4.78. The SMILES string of the molecule is Cn1c(=O)n(CCN2CCN(c3ccc(OCC(=O)O)cc3)CC2)c2nc(N)n3nc(-c4ccco4)cc3c21. The number of imidazole rings is 1. The summed E-state index contributed by atoms with van der Waals surface area (Å²) in [4.78, 5) is 33.0. The van der Waals surface area contributed by atoms with Gasteiger partial charge in [-0.25, -0.2) is 9.59 Å². The van der Waals surface area contributed by atoms with Crippen LogP contribution in [-0.4, -0.2) is 79.0 Å². The van der Waals surface area contributed by atoms with Gasteiger partial charge >= 0.3 is 11.7 Å². The highest BCUT2D eigenvalue weighted by molar-refractivity contribution is 5.91. The van der Waals surface area contributed by atoms with Crippen molar-refractivity contribution < 1.29 is 19.1 Å². The Bertz CT molecular complexity index is 1690. The molecule has 1 fully saturated rings. The van der Waals surface area contributed by atoms with Gasteiger partial charge in [0.25, 0.3) is 0 Å². The molecule has 0 aliphatic carbocycles. The summed E-state index contributed by atoms with van der Waals surface area (Å²) in [6.45, 7) is 4.15. The molecule has 0 spiro atoms. The molecule has 0 bridgehead atoms. The lowest BCUT2D eigenvalue weighted by Crippen LogP contribution is -2.47. The van der Waals surface area contributed by atoms with Crippen LogP contribution in [0.1, 0.15) is 0 Å². The summed E-state index contributed by atoms with van der Waals surface area (Å²) in [6, 6.07) is 12.9. The van der Waals surface area contributed by atoms with Gasteiger partial charge in [-0.3, -0.25) is 14.0 Å². The number of nitrogen functional groups attached to an aromatic ring is 1. The molecule has 1 aromatic carbocycles. The third-order valence-corrected chi connectivity index (χ3v) is 7.06. The van der Waals surface area contributed by atoms with E-state index >= 15 is 0 Å². The quantitative estimate of drug-likeness (QED) is 0.301. The molecule has 202 valence electrons. The van der Waals surface area contributed by atoms with Crippen LogP contribution in [0.4, 0.5) is 11.6 Å². The lowest BCUT2D eigenvalue weighted by atomic mass is 10.2. The fourth-order valence-electron chi connectivity index (χ4n) is 5.04. The molecule has 1 saturated heterocycles. The summed E-state index contributed by atoms with van der Waals surface area (Å²) in [5, 5.41) is 13.3. The van der Waals surface area contributed by atoms with Gasteiger partial charge in [0.05, 0.1) is 11.8 Å². The van der Waals surface area contributed by atoms with Crippen molar-refractivity contribution >= 4 is 34.3 Å². The summed E-state index contributed by atoms with van der Waals surface area (Å²) in [6.07, 6.45) is 1.58. The summed E-state index contributed by atoms with van der Waals surface area (Å²) < 4.78 is 15.5. The van der Waals surface area contributed by atoms with E-state index in [0.717, 1.165) is 31.9 Å². The molecule has 4 aromatic heterocycles. The largest absolute Gasteiger partial charge is 0.482 e. The second-order valence-electron chi connectivity index (χ2n) is 9.44. The van der Waals surface area contributed by atoms with Gasteiger partial charge in [-0.1, -0.05) is 0 Å². The molecular formula is C26H28N8O5. The van der Waals surface area contributed by atoms with E-state index in [1.807, 2.05) is 24.3 Å². The average molecular weight is 533 g/mol. The maximum atomic E-state index is 13.2. The molecule has 0 saturated carbocycles. The number of carboxylic acids is 1. The van der Waals surface area contributed by atoms with Crippen LogP contribution in [0.2, 0.25) is 0 Å². The zero-order valence-corrected chi connectivity index (χ0v) is 21.4. The summed E-state index contributed by atoms with van der Waals surface area (Å²) in [5.41, 5.74) is 9.65. The van der Waals surface area contributed by atoms with Crippen LogP contribution >= 0.6 is 0 Å². The minimum Gasteiger partial charge on any atom is -0.482 e. The zero-order valence-electron chi connectivity index (χ0n) is 21.4. The molecule has 0 amide bonds. The van der Waals surface area contributed by atoms with E-state index in [1.54, 1.807) is 40.6 Å². The number of rotatable bonds is 8. The van der Waals surface area contributed by atoms with Crippen molar-refractivity contribution in [2.75, 3.05) is 50.0 Å². The topological polar surface area (TPSA) is 149 Å². The molecule has 5 heterocycles. The van der Waals surface area contributed by atoms with Gasteiger partial charge in [0, 0.05) is 52.0 Å². The van der Waals surface area contributed by atoms with Crippen molar-refractivity contribution in [3.8, 4) is 17.2 Å². The van der Waals surface area contributed by atoms with Crippen LogP contribution < -0.4 is 21.1 Å². The van der Waals surface area contributed by atoms with Gasteiger partial charge in [-0.15, -0.1) is 0 Å². The number of piperazine rings is 1. The first-order valence-corrected chi connectivity index (χ1v) is 12.6. The number of anilines is 2. The highest BCUT2D eigenvalue weighted by Gasteiger charge is 2.22. The number of benzene rings is 1. The van der Waals surface area contributed by atoms with Crippen molar-refractivity contribution in [2.45, 2.75) is 6.54 Å². The van der Waals surface area contributed by atoms with Gasteiger partial charge in [-0.05, 0) is 42.5 Å². The van der Waals surface area contributed by atoms with Crippen molar-refractivity contribution in [1.82, 2.24) is 28.6 Å². The number of hydrogen-bond acceptors (Lipinski definition) is 9. The molecule has 0 atom stereocenters. The van der Waals surface area contributed by atoms with E-state index in [2.05, 4.69) is 19.9 Å². The first-order valence-electron chi connectivity index (χ1n) is 12.6. The Morgan fingerprint density at radius 2 is 1.90 bits per heavy atom.